The second-order valence-electron chi connectivity index (χ2n) is 5.22. The fraction of sp³-hybridized carbons (Fsp3) is 0.294. The van der Waals surface area contributed by atoms with Gasteiger partial charge in [-0.05, 0) is 54.0 Å². The summed E-state index contributed by atoms with van der Waals surface area (Å²) in [6.45, 7) is 0. The first kappa shape index (κ1) is 13.2. The highest BCUT2D eigenvalue weighted by molar-refractivity contribution is 9.09. The minimum Gasteiger partial charge on any atom is -0.0843 e. The number of halogens is 2. The van der Waals surface area contributed by atoms with E-state index >= 15 is 0 Å². The average molecular weight is 336 g/mol. The van der Waals surface area contributed by atoms with Gasteiger partial charge in [-0.3, -0.25) is 0 Å². The van der Waals surface area contributed by atoms with Crippen LogP contribution in [0.25, 0.3) is 0 Å². The Morgan fingerprint density at radius 3 is 2.42 bits per heavy atom. The van der Waals surface area contributed by atoms with E-state index in [9.17, 15) is 0 Å². The first-order chi connectivity index (χ1) is 9.24. The third-order valence-corrected chi connectivity index (χ3v) is 5.52. The molecule has 0 saturated carbocycles. The van der Waals surface area contributed by atoms with Gasteiger partial charge in [-0.2, -0.15) is 0 Å². The molecule has 19 heavy (non-hydrogen) atoms. The van der Waals surface area contributed by atoms with E-state index in [1.165, 1.54) is 29.5 Å². The van der Waals surface area contributed by atoms with Gasteiger partial charge in [-0.25, -0.2) is 0 Å². The van der Waals surface area contributed by atoms with Gasteiger partial charge < -0.3 is 0 Å². The van der Waals surface area contributed by atoms with Crippen LogP contribution < -0.4 is 0 Å². The van der Waals surface area contributed by atoms with Gasteiger partial charge in [0.2, 0.25) is 0 Å². The van der Waals surface area contributed by atoms with Crippen LogP contribution >= 0.6 is 27.5 Å². The summed E-state index contributed by atoms with van der Waals surface area (Å²) in [6, 6.07) is 17.0. The van der Waals surface area contributed by atoms with Crippen LogP contribution in [0.1, 0.15) is 27.9 Å². The van der Waals surface area contributed by atoms with Gasteiger partial charge in [0.1, 0.15) is 0 Å². The molecule has 0 saturated heterocycles. The molecule has 2 aromatic carbocycles. The normalized spacial score (nSPS) is 19.8. The lowest BCUT2D eigenvalue weighted by Crippen LogP contribution is -2.18. The molecule has 0 N–H and O–H groups in total. The van der Waals surface area contributed by atoms with Crippen LogP contribution in [0.5, 0.6) is 0 Å². The van der Waals surface area contributed by atoms with Gasteiger partial charge in [-0.1, -0.05) is 63.9 Å². The smallest absolute Gasteiger partial charge is 0.0426 e. The van der Waals surface area contributed by atoms with E-state index in [2.05, 4.69) is 52.3 Å². The summed E-state index contributed by atoms with van der Waals surface area (Å²) in [4.78, 5) is 0.415. The first-order valence-corrected chi connectivity index (χ1v) is 8.00. The van der Waals surface area contributed by atoms with Crippen LogP contribution in [0.4, 0.5) is 0 Å². The Kier molecular flexibility index (Phi) is 3.95. The lowest BCUT2D eigenvalue weighted by Gasteiger charge is -2.28. The Bertz CT molecular complexity index is 562. The van der Waals surface area contributed by atoms with Crippen molar-refractivity contribution in [2.45, 2.75) is 24.1 Å². The molecule has 2 heteroatoms. The van der Waals surface area contributed by atoms with Crippen LogP contribution in [-0.4, -0.2) is 0 Å². The number of benzene rings is 2. The topological polar surface area (TPSA) is 0 Å². The molecule has 0 nitrogen and oxygen atoms in total. The molecule has 2 unspecified atom stereocenters. The molecule has 0 radical (unpaired) electrons. The van der Waals surface area contributed by atoms with Crippen LogP contribution in [-0.2, 0) is 12.8 Å². The minimum atomic E-state index is 0.415. The Balaban J connectivity index is 1.79. The molecule has 0 heterocycles. The molecule has 3 rings (SSSR count). The van der Waals surface area contributed by atoms with Crippen LogP contribution in [0.3, 0.4) is 0 Å². The maximum atomic E-state index is 5.95. The molecule has 98 valence electrons. The maximum Gasteiger partial charge on any atom is 0.0426 e. The summed E-state index contributed by atoms with van der Waals surface area (Å²) in [5.41, 5.74) is 4.36. The van der Waals surface area contributed by atoms with Crippen molar-refractivity contribution in [1.29, 1.82) is 0 Å². The van der Waals surface area contributed by atoms with Crippen LogP contribution in [0, 0.1) is 5.92 Å². The number of aryl methyl sites for hydroxylation is 1. The Hall–Kier alpha value is -0.790. The zero-order chi connectivity index (χ0) is 13.2. The van der Waals surface area contributed by atoms with Gasteiger partial charge in [0, 0.05) is 9.85 Å². The van der Waals surface area contributed by atoms with Crippen molar-refractivity contribution in [2.75, 3.05) is 0 Å². The summed E-state index contributed by atoms with van der Waals surface area (Å²) < 4.78 is 0. The third-order valence-electron chi connectivity index (χ3n) is 3.99. The van der Waals surface area contributed by atoms with Crippen molar-refractivity contribution in [3.63, 3.8) is 0 Å². The van der Waals surface area contributed by atoms with E-state index in [0.717, 1.165) is 11.4 Å². The fourth-order valence-corrected chi connectivity index (χ4v) is 3.78. The number of fused-ring (bicyclic) bond motifs is 1. The van der Waals surface area contributed by atoms with Crippen molar-refractivity contribution < 1.29 is 0 Å². The standard InChI is InChI=1S/C17H16BrCl/c18-17(13-7-9-16(19)10-8-13)15-6-5-12-3-1-2-4-14(12)11-15/h1-4,7-10,15,17H,5-6,11H2. The minimum absolute atomic E-state index is 0.415. The van der Waals surface area contributed by atoms with Crippen molar-refractivity contribution in [1.82, 2.24) is 0 Å². The molecule has 0 fully saturated rings. The van der Waals surface area contributed by atoms with E-state index < -0.39 is 0 Å². The zero-order valence-electron chi connectivity index (χ0n) is 10.7. The molecule has 1 aliphatic carbocycles. The predicted molar refractivity (Wildman–Crippen MR) is 85.1 cm³/mol. The van der Waals surface area contributed by atoms with Gasteiger partial charge in [-0.15, -0.1) is 0 Å². The van der Waals surface area contributed by atoms with Crippen molar-refractivity contribution in [3.8, 4) is 0 Å². The zero-order valence-corrected chi connectivity index (χ0v) is 13.0. The van der Waals surface area contributed by atoms with Crippen LogP contribution in [0.2, 0.25) is 5.02 Å². The van der Waals surface area contributed by atoms with Crippen molar-refractivity contribution in [2.24, 2.45) is 5.92 Å². The monoisotopic (exact) mass is 334 g/mol. The van der Waals surface area contributed by atoms with E-state index in [-0.39, 0.29) is 0 Å². The van der Waals surface area contributed by atoms with Crippen LogP contribution in [0.15, 0.2) is 48.5 Å². The summed E-state index contributed by atoms with van der Waals surface area (Å²) in [5.74, 6) is 0.663. The van der Waals surface area contributed by atoms with Gasteiger partial charge in [0.15, 0.2) is 0 Å². The molecule has 2 atom stereocenters. The van der Waals surface area contributed by atoms with E-state index in [1.807, 2.05) is 12.1 Å². The molecule has 0 amide bonds. The second-order valence-corrected chi connectivity index (χ2v) is 6.65. The van der Waals surface area contributed by atoms with Gasteiger partial charge in [0.05, 0.1) is 0 Å². The quantitative estimate of drug-likeness (QED) is 0.628. The number of hydrogen-bond acceptors (Lipinski definition) is 0. The highest BCUT2D eigenvalue weighted by Gasteiger charge is 2.25. The SMILES string of the molecule is Clc1ccc(C(Br)C2CCc3ccccc3C2)cc1. The Morgan fingerprint density at radius 2 is 1.68 bits per heavy atom. The van der Waals surface area contributed by atoms with E-state index in [4.69, 9.17) is 11.6 Å². The number of hydrogen-bond donors (Lipinski definition) is 0. The summed E-state index contributed by atoms with van der Waals surface area (Å²) in [5, 5.41) is 0.803. The molecule has 2 aromatic rings. The average Bonchev–Trinajstić information content (AvgIpc) is 2.47. The van der Waals surface area contributed by atoms with Gasteiger partial charge in [0.25, 0.3) is 0 Å². The molecule has 0 aliphatic heterocycles. The second kappa shape index (κ2) is 5.68. The maximum absolute atomic E-state index is 5.95. The lowest BCUT2D eigenvalue weighted by molar-refractivity contribution is 0.453. The first-order valence-electron chi connectivity index (χ1n) is 6.70. The number of rotatable bonds is 2. The molecule has 1 aliphatic rings. The lowest BCUT2D eigenvalue weighted by atomic mass is 9.81. The molecule has 0 bridgehead atoms. The molecule has 0 aromatic heterocycles. The van der Waals surface area contributed by atoms with E-state index in [1.54, 1.807) is 0 Å². The van der Waals surface area contributed by atoms with Crippen molar-refractivity contribution >= 4 is 27.5 Å². The summed E-state index contributed by atoms with van der Waals surface area (Å²) in [7, 11) is 0. The summed E-state index contributed by atoms with van der Waals surface area (Å²) >= 11 is 9.83. The fourth-order valence-electron chi connectivity index (χ4n) is 2.89. The highest BCUT2D eigenvalue weighted by atomic mass is 79.9. The Labute approximate surface area is 127 Å². The molecular weight excluding hydrogens is 320 g/mol. The number of alkyl halides is 1. The Morgan fingerprint density at radius 1 is 1.00 bits per heavy atom. The predicted octanol–water partition coefficient (Wildman–Crippen LogP) is 5.58. The van der Waals surface area contributed by atoms with Gasteiger partial charge >= 0.3 is 0 Å². The van der Waals surface area contributed by atoms with Crippen molar-refractivity contribution in [3.05, 3.63) is 70.2 Å². The largest absolute Gasteiger partial charge is 0.0843 e. The van der Waals surface area contributed by atoms with E-state index in [0.29, 0.717) is 10.7 Å². The molecular formula is C17H16BrCl. The third kappa shape index (κ3) is 2.88. The highest BCUT2D eigenvalue weighted by Crippen LogP contribution is 2.39. The molecule has 0 spiro atoms. The summed E-state index contributed by atoms with van der Waals surface area (Å²) in [6.07, 6.45) is 3.60.